The minimum atomic E-state index is -4.39. The second kappa shape index (κ2) is 14.1. The van der Waals surface area contributed by atoms with E-state index >= 15 is 0 Å². The number of esters is 1. The number of nitrogens with zero attached hydrogens (tertiary/aromatic N) is 2. The summed E-state index contributed by atoms with van der Waals surface area (Å²) in [6.45, 7) is 6.94. The van der Waals surface area contributed by atoms with Gasteiger partial charge in [0.2, 0.25) is 0 Å². The van der Waals surface area contributed by atoms with Gasteiger partial charge in [0.15, 0.2) is 0 Å². The maximum absolute atomic E-state index is 14.3. The molecular formula is C36H45N3O8S. The van der Waals surface area contributed by atoms with E-state index in [-0.39, 0.29) is 34.2 Å². The molecule has 1 aliphatic heterocycles. The number of rotatable bonds is 13. The van der Waals surface area contributed by atoms with Crippen LogP contribution in [0.2, 0.25) is 0 Å². The van der Waals surface area contributed by atoms with Crippen molar-refractivity contribution in [1.82, 2.24) is 9.80 Å². The van der Waals surface area contributed by atoms with Gasteiger partial charge in [0.1, 0.15) is 33.3 Å². The molecule has 1 aliphatic carbocycles. The van der Waals surface area contributed by atoms with Crippen molar-refractivity contribution in [1.29, 1.82) is 0 Å². The lowest BCUT2D eigenvalue weighted by Gasteiger charge is -2.26. The number of carbonyl (C=O) groups excluding carboxylic acids is 2. The molecule has 3 aromatic rings. The largest absolute Gasteiger partial charge is 0.497 e. The van der Waals surface area contributed by atoms with Gasteiger partial charge in [-0.25, -0.2) is 13.2 Å². The highest BCUT2D eigenvalue weighted by Gasteiger charge is 2.46. The molecule has 1 N–H and O–H groups in total. The molecule has 1 saturated carbocycles. The molecule has 2 aliphatic rings. The van der Waals surface area contributed by atoms with Crippen LogP contribution in [-0.2, 0) is 21.3 Å². The average molecular weight is 680 g/mol. The number of amides is 1. The molecule has 258 valence electrons. The molecule has 2 atom stereocenters. The molecule has 5 rings (SSSR count). The highest BCUT2D eigenvalue weighted by molar-refractivity contribution is 7.92. The Labute approximate surface area is 283 Å². The molecule has 48 heavy (non-hydrogen) atoms. The fourth-order valence-corrected chi connectivity index (χ4v) is 7.20. The molecule has 0 radical (unpaired) electrons. The van der Waals surface area contributed by atoms with Crippen LogP contribution < -0.4 is 18.9 Å². The molecule has 1 amide bonds. The summed E-state index contributed by atoms with van der Waals surface area (Å²) in [5.74, 6) is 0.996. The van der Waals surface area contributed by atoms with Gasteiger partial charge in [-0.3, -0.25) is 9.52 Å². The van der Waals surface area contributed by atoms with Crippen molar-refractivity contribution in [3.63, 3.8) is 0 Å². The predicted molar refractivity (Wildman–Crippen MR) is 183 cm³/mol. The van der Waals surface area contributed by atoms with Crippen molar-refractivity contribution in [3.05, 3.63) is 76.9 Å². The zero-order valence-electron chi connectivity index (χ0n) is 28.7. The van der Waals surface area contributed by atoms with Gasteiger partial charge in [-0.15, -0.1) is 0 Å². The standard InChI is InChI=1S/C36H45N3O8S/c1-36(2,3)47-35(41)32-29(16-15-26-28-19-24(28)22-46-33(26)32)37-48(42,43)31-12-9-8-11-27(31)34(40)39(18-10-17-38(4)5)21-23-13-14-25(44-6)20-30(23)45-7/h8-9,11-16,20,24,28,37H,10,17-19,21-22H2,1-7H3/t24?,28-/m0/s1. The maximum Gasteiger partial charge on any atom is 0.344 e. The molecule has 0 bridgehead atoms. The number of hydrogen-bond acceptors (Lipinski definition) is 9. The first-order valence-electron chi connectivity index (χ1n) is 16.0. The molecule has 3 aromatic carbocycles. The number of methoxy groups -OCH3 is 2. The molecule has 0 spiro atoms. The number of anilines is 1. The summed E-state index contributed by atoms with van der Waals surface area (Å²) in [4.78, 5) is 31.3. The van der Waals surface area contributed by atoms with E-state index in [9.17, 15) is 18.0 Å². The van der Waals surface area contributed by atoms with Gasteiger partial charge in [0, 0.05) is 30.6 Å². The number of nitrogens with one attached hydrogen (secondary N) is 1. The summed E-state index contributed by atoms with van der Waals surface area (Å²) < 4.78 is 53.6. The Morgan fingerprint density at radius 3 is 2.44 bits per heavy atom. The van der Waals surface area contributed by atoms with E-state index in [0.717, 1.165) is 24.1 Å². The smallest absolute Gasteiger partial charge is 0.344 e. The van der Waals surface area contributed by atoms with Gasteiger partial charge in [-0.1, -0.05) is 18.2 Å². The van der Waals surface area contributed by atoms with Gasteiger partial charge >= 0.3 is 5.97 Å². The molecular weight excluding hydrogens is 634 g/mol. The Kier molecular flexibility index (Phi) is 10.3. The first-order chi connectivity index (χ1) is 22.7. The van der Waals surface area contributed by atoms with Crippen LogP contribution in [0.25, 0.3) is 0 Å². The Bertz CT molecular complexity index is 1780. The van der Waals surface area contributed by atoms with Crippen LogP contribution in [0, 0.1) is 5.92 Å². The van der Waals surface area contributed by atoms with E-state index in [1.807, 2.05) is 25.1 Å². The maximum atomic E-state index is 14.3. The number of benzene rings is 3. The van der Waals surface area contributed by atoms with Gasteiger partial charge in [0.05, 0.1) is 32.1 Å². The Hall–Kier alpha value is -4.29. The minimum absolute atomic E-state index is 0.00354. The first kappa shape index (κ1) is 35.0. The number of sulfonamides is 1. The minimum Gasteiger partial charge on any atom is -0.497 e. The Morgan fingerprint density at radius 2 is 1.75 bits per heavy atom. The van der Waals surface area contributed by atoms with Crippen LogP contribution in [0.3, 0.4) is 0 Å². The molecule has 1 fully saturated rings. The number of carbonyl (C=O) groups is 2. The van der Waals surface area contributed by atoms with Crippen molar-refractivity contribution < 1.29 is 37.0 Å². The van der Waals surface area contributed by atoms with Crippen LogP contribution in [0.4, 0.5) is 5.69 Å². The zero-order chi connectivity index (χ0) is 34.8. The van der Waals surface area contributed by atoms with E-state index in [1.54, 1.807) is 76.3 Å². The Balaban J connectivity index is 1.50. The van der Waals surface area contributed by atoms with Crippen LogP contribution >= 0.6 is 0 Å². The van der Waals surface area contributed by atoms with Gasteiger partial charge in [0.25, 0.3) is 15.9 Å². The number of ether oxygens (including phenoxy) is 4. The lowest BCUT2D eigenvalue weighted by molar-refractivity contribution is 0.00661. The number of hydrogen-bond donors (Lipinski definition) is 1. The second-order valence-electron chi connectivity index (χ2n) is 13.5. The van der Waals surface area contributed by atoms with Crippen molar-refractivity contribution in [2.24, 2.45) is 5.92 Å². The SMILES string of the molecule is COc1ccc(CN(CCCN(C)C)C(=O)c2ccccc2S(=O)(=O)Nc2ccc3c(c2C(=O)OC(C)(C)C)OCC2C[C@H]32)c(OC)c1. The van der Waals surface area contributed by atoms with E-state index in [0.29, 0.717) is 42.7 Å². The molecule has 11 nitrogen and oxygen atoms in total. The van der Waals surface area contributed by atoms with E-state index < -0.39 is 27.5 Å². The summed E-state index contributed by atoms with van der Waals surface area (Å²) in [6.07, 6.45) is 1.61. The zero-order valence-corrected chi connectivity index (χ0v) is 29.5. The van der Waals surface area contributed by atoms with Crippen molar-refractivity contribution in [3.8, 4) is 17.2 Å². The van der Waals surface area contributed by atoms with Crippen molar-refractivity contribution >= 4 is 27.6 Å². The van der Waals surface area contributed by atoms with Gasteiger partial charge in [-0.2, -0.15) is 0 Å². The molecule has 1 unspecified atom stereocenters. The summed E-state index contributed by atoms with van der Waals surface area (Å²) in [7, 11) is 2.62. The normalized spacial score (nSPS) is 16.7. The summed E-state index contributed by atoms with van der Waals surface area (Å²) >= 11 is 0. The third-order valence-electron chi connectivity index (χ3n) is 8.38. The molecule has 0 aromatic heterocycles. The lowest BCUT2D eigenvalue weighted by Crippen LogP contribution is -2.34. The first-order valence-corrected chi connectivity index (χ1v) is 17.5. The average Bonchev–Trinajstić information content (AvgIpc) is 3.83. The van der Waals surface area contributed by atoms with E-state index in [2.05, 4.69) is 4.72 Å². The van der Waals surface area contributed by atoms with Crippen molar-refractivity contribution in [2.45, 2.75) is 56.6 Å². The monoisotopic (exact) mass is 679 g/mol. The Morgan fingerprint density at radius 1 is 1.00 bits per heavy atom. The highest BCUT2D eigenvalue weighted by Crippen LogP contribution is 2.55. The number of fused-ring (bicyclic) bond motifs is 3. The highest BCUT2D eigenvalue weighted by atomic mass is 32.2. The molecule has 0 saturated heterocycles. The predicted octanol–water partition coefficient (Wildman–Crippen LogP) is 5.55. The fourth-order valence-electron chi connectivity index (χ4n) is 5.93. The van der Waals surface area contributed by atoms with Gasteiger partial charge < -0.3 is 28.7 Å². The molecule has 12 heteroatoms. The molecule has 1 heterocycles. The van der Waals surface area contributed by atoms with Crippen LogP contribution in [0.5, 0.6) is 17.2 Å². The third kappa shape index (κ3) is 7.87. The second-order valence-corrected chi connectivity index (χ2v) is 15.1. The van der Waals surface area contributed by atoms with Crippen LogP contribution in [0.15, 0.2) is 59.5 Å². The third-order valence-corrected chi connectivity index (χ3v) is 9.81. The lowest BCUT2D eigenvalue weighted by atomic mass is 10.00. The summed E-state index contributed by atoms with van der Waals surface area (Å²) in [5, 5.41) is 0. The quantitative estimate of drug-likeness (QED) is 0.232. The fraction of sp³-hybridized carbons (Fsp3) is 0.444. The summed E-state index contributed by atoms with van der Waals surface area (Å²) in [6, 6.07) is 14.8. The van der Waals surface area contributed by atoms with Crippen LogP contribution in [-0.4, -0.2) is 83.7 Å². The van der Waals surface area contributed by atoms with E-state index in [4.69, 9.17) is 18.9 Å². The van der Waals surface area contributed by atoms with Crippen LogP contribution in [0.1, 0.15) is 71.4 Å². The van der Waals surface area contributed by atoms with E-state index in [1.165, 1.54) is 12.1 Å². The summed E-state index contributed by atoms with van der Waals surface area (Å²) in [5.41, 5.74) is 0.828. The van der Waals surface area contributed by atoms with Gasteiger partial charge in [-0.05, 0) is 96.1 Å². The van der Waals surface area contributed by atoms with Crippen molar-refractivity contribution in [2.75, 3.05) is 52.7 Å². The topological polar surface area (TPSA) is 124 Å².